The Bertz CT molecular complexity index is 177. The van der Waals surface area contributed by atoms with E-state index in [-0.39, 0.29) is 17.6 Å². The van der Waals surface area contributed by atoms with Crippen molar-refractivity contribution < 1.29 is 9.53 Å². The highest BCUT2D eigenvalue weighted by Crippen LogP contribution is 2.24. The molecule has 1 N–H and O–H groups in total. The molecular weight excluding hydrogens is 154 g/mol. The number of ether oxygens (including phenoxy) is 1. The van der Waals surface area contributed by atoms with Crippen molar-refractivity contribution in [3.8, 4) is 0 Å². The van der Waals surface area contributed by atoms with Crippen LogP contribution in [0.2, 0.25) is 0 Å². The van der Waals surface area contributed by atoms with Gasteiger partial charge in [0.15, 0.2) is 0 Å². The quantitative estimate of drug-likeness (QED) is 0.675. The summed E-state index contributed by atoms with van der Waals surface area (Å²) >= 11 is 0. The molecular formula is C9H17NO2. The van der Waals surface area contributed by atoms with Gasteiger partial charge in [0.25, 0.3) is 0 Å². The summed E-state index contributed by atoms with van der Waals surface area (Å²) in [5, 5.41) is 2.95. The molecule has 1 atom stereocenters. The highest BCUT2D eigenvalue weighted by molar-refractivity contribution is 5.76. The summed E-state index contributed by atoms with van der Waals surface area (Å²) < 4.78 is 5.48. The number of hydrogen-bond donors (Lipinski definition) is 1. The summed E-state index contributed by atoms with van der Waals surface area (Å²) in [7, 11) is 0. The average Bonchev–Trinajstić information content (AvgIpc) is 2.31. The lowest BCUT2D eigenvalue weighted by atomic mass is 9.99. The van der Waals surface area contributed by atoms with Crippen molar-refractivity contribution in [1.82, 2.24) is 5.32 Å². The van der Waals surface area contributed by atoms with Crippen LogP contribution in [0.15, 0.2) is 0 Å². The molecule has 1 saturated heterocycles. The molecule has 1 heterocycles. The third-order valence-corrected chi connectivity index (χ3v) is 2.38. The summed E-state index contributed by atoms with van der Waals surface area (Å²) in [5.74, 6) is 0.110. The maximum atomic E-state index is 11.1. The Labute approximate surface area is 73.5 Å². The van der Waals surface area contributed by atoms with Crippen LogP contribution in [0.4, 0.5) is 0 Å². The number of carbonyl (C=O) groups is 1. The lowest BCUT2D eigenvalue weighted by molar-refractivity contribution is -0.122. The van der Waals surface area contributed by atoms with Gasteiger partial charge in [-0.1, -0.05) is 6.92 Å². The van der Waals surface area contributed by atoms with Gasteiger partial charge in [-0.15, -0.1) is 0 Å². The second-order valence-electron chi connectivity index (χ2n) is 3.71. The first kappa shape index (κ1) is 9.52. The molecule has 1 amide bonds. The van der Waals surface area contributed by atoms with Crippen molar-refractivity contribution in [3.05, 3.63) is 0 Å². The van der Waals surface area contributed by atoms with Gasteiger partial charge in [-0.05, 0) is 20.3 Å². The van der Waals surface area contributed by atoms with E-state index in [1.807, 2.05) is 20.8 Å². The predicted molar refractivity (Wildman–Crippen MR) is 46.9 cm³/mol. The molecule has 0 aromatic carbocycles. The number of nitrogens with one attached hydrogen (secondary N) is 1. The standard InChI is InChI=1S/C9H17NO2/c1-4-8(11)10-7-5-6-12-9(7,2)3/h7H,4-6H2,1-3H3,(H,10,11). The zero-order valence-corrected chi connectivity index (χ0v) is 8.02. The van der Waals surface area contributed by atoms with Crippen LogP contribution in [0.3, 0.4) is 0 Å². The summed E-state index contributed by atoms with van der Waals surface area (Å²) in [6, 6.07) is 0.185. The molecule has 70 valence electrons. The van der Waals surface area contributed by atoms with Crippen LogP contribution in [0.5, 0.6) is 0 Å². The van der Waals surface area contributed by atoms with E-state index < -0.39 is 0 Å². The van der Waals surface area contributed by atoms with Crippen LogP contribution in [-0.4, -0.2) is 24.2 Å². The molecule has 1 unspecified atom stereocenters. The second-order valence-corrected chi connectivity index (χ2v) is 3.71. The first-order chi connectivity index (χ1) is 5.56. The fourth-order valence-corrected chi connectivity index (χ4v) is 1.43. The van der Waals surface area contributed by atoms with Crippen LogP contribution in [0.25, 0.3) is 0 Å². The van der Waals surface area contributed by atoms with Gasteiger partial charge in [0, 0.05) is 13.0 Å². The van der Waals surface area contributed by atoms with Crippen LogP contribution >= 0.6 is 0 Å². The molecule has 12 heavy (non-hydrogen) atoms. The Hall–Kier alpha value is -0.570. The molecule has 0 aliphatic carbocycles. The average molecular weight is 171 g/mol. The smallest absolute Gasteiger partial charge is 0.220 e. The zero-order valence-electron chi connectivity index (χ0n) is 8.02. The van der Waals surface area contributed by atoms with Crippen molar-refractivity contribution in [3.63, 3.8) is 0 Å². The van der Waals surface area contributed by atoms with Gasteiger partial charge in [-0.3, -0.25) is 4.79 Å². The van der Waals surface area contributed by atoms with Gasteiger partial charge in [-0.2, -0.15) is 0 Å². The van der Waals surface area contributed by atoms with E-state index in [2.05, 4.69) is 5.32 Å². The Kier molecular flexibility index (Phi) is 2.73. The summed E-state index contributed by atoms with van der Waals surface area (Å²) in [5.41, 5.74) is -0.190. The molecule has 1 aliphatic rings. The molecule has 3 heteroatoms. The van der Waals surface area contributed by atoms with Gasteiger partial charge in [0.1, 0.15) is 0 Å². The van der Waals surface area contributed by atoms with Crippen LogP contribution < -0.4 is 5.32 Å². The highest BCUT2D eigenvalue weighted by atomic mass is 16.5. The Morgan fingerprint density at radius 3 is 2.75 bits per heavy atom. The fourth-order valence-electron chi connectivity index (χ4n) is 1.43. The molecule has 0 radical (unpaired) electrons. The fraction of sp³-hybridized carbons (Fsp3) is 0.889. The molecule has 0 bridgehead atoms. The van der Waals surface area contributed by atoms with Crippen molar-refractivity contribution in [2.45, 2.75) is 45.3 Å². The molecule has 0 spiro atoms. The lowest BCUT2D eigenvalue weighted by Crippen LogP contribution is -2.45. The van der Waals surface area contributed by atoms with Gasteiger partial charge in [0.2, 0.25) is 5.91 Å². The molecule has 1 aliphatic heterocycles. The molecule has 0 aromatic rings. The van der Waals surface area contributed by atoms with Crippen molar-refractivity contribution in [2.24, 2.45) is 0 Å². The molecule has 0 saturated carbocycles. The maximum absolute atomic E-state index is 11.1. The topological polar surface area (TPSA) is 38.3 Å². The zero-order chi connectivity index (χ0) is 9.19. The van der Waals surface area contributed by atoms with Gasteiger partial charge in [0.05, 0.1) is 11.6 Å². The minimum Gasteiger partial charge on any atom is -0.373 e. The van der Waals surface area contributed by atoms with E-state index in [1.165, 1.54) is 0 Å². The molecule has 1 rings (SSSR count). The predicted octanol–water partition coefficient (Wildman–Crippen LogP) is 1.08. The van der Waals surface area contributed by atoms with E-state index in [0.717, 1.165) is 13.0 Å². The SMILES string of the molecule is CCC(=O)NC1CCOC1(C)C. The Balaban J connectivity index is 2.47. The van der Waals surface area contributed by atoms with Crippen LogP contribution in [0.1, 0.15) is 33.6 Å². The van der Waals surface area contributed by atoms with E-state index >= 15 is 0 Å². The molecule has 1 fully saturated rings. The minimum absolute atomic E-state index is 0.110. The van der Waals surface area contributed by atoms with Crippen molar-refractivity contribution in [1.29, 1.82) is 0 Å². The van der Waals surface area contributed by atoms with E-state index in [9.17, 15) is 4.79 Å². The van der Waals surface area contributed by atoms with Crippen LogP contribution in [-0.2, 0) is 9.53 Å². The van der Waals surface area contributed by atoms with Crippen molar-refractivity contribution in [2.75, 3.05) is 6.61 Å². The maximum Gasteiger partial charge on any atom is 0.220 e. The summed E-state index contributed by atoms with van der Waals surface area (Å²) in [6.07, 6.45) is 1.48. The van der Waals surface area contributed by atoms with Gasteiger partial charge in [-0.25, -0.2) is 0 Å². The van der Waals surface area contributed by atoms with E-state index in [1.54, 1.807) is 0 Å². The summed E-state index contributed by atoms with van der Waals surface area (Å²) in [6.45, 7) is 6.64. The highest BCUT2D eigenvalue weighted by Gasteiger charge is 2.36. The molecule has 3 nitrogen and oxygen atoms in total. The number of hydrogen-bond acceptors (Lipinski definition) is 2. The number of rotatable bonds is 2. The Morgan fingerprint density at radius 2 is 2.33 bits per heavy atom. The van der Waals surface area contributed by atoms with Gasteiger partial charge < -0.3 is 10.1 Å². The first-order valence-corrected chi connectivity index (χ1v) is 4.49. The van der Waals surface area contributed by atoms with E-state index in [4.69, 9.17) is 4.74 Å². The van der Waals surface area contributed by atoms with E-state index in [0.29, 0.717) is 6.42 Å². The third kappa shape index (κ3) is 1.97. The first-order valence-electron chi connectivity index (χ1n) is 4.49. The monoisotopic (exact) mass is 171 g/mol. The molecule has 0 aromatic heterocycles. The Morgan fingerprint density at radius 1 is 1.67 bits per heavy atom. The van der Waals surface area contributed by atoms with Crippen molar-refractivity contribution >= 4 is 5.91 Å². The third-order valence-electron chi connectivity index (χ3n) is 2.38. The summed E-state index contributed by atoms with van der Waals surface area (Å²) in [4.78, 5) is 11.1. The lowest BCUT2D eigenvalue weighted by Gasteiger charge is -2.26. The van der Waals surface area contributed by atoms with Crippen LogP contribution in [0, 0.1) is 0 Å². The minimum atomic E-state index is -0.190. The number of carbonyl (C=O) groups excluding carboxylic acids is 1. The normalized spacial score (nSPS) is 27.1. The largest absolute Gasteiger partial charge is 0.373 e. The van der Waals surface area contributed by atoms with Gasteiger partial charge >= 0.3 is 0 Å². The second kappa shape index (κ2) is 3.44. The number of amides is 1.